The van der Waals surface area contributed by atoms with Crippen molar-refractivity contribution < 1.29 is 4.79 Å². The van der Waals surface area contributed by atoms with Gasteiger partial charge in [-0.2, -0.15) is 0 Å². The fourth-order valence-electron chi connectivity index (χ4n) is 2.82. The van der Waals surface area contributed by atoms with Gasteiger partial charge in [0.1, 0.15) is 6.54 Å². The van der Waals surface area contributed by atoms with Crippen LogP contribution in [0.5, 0.6) is 0 Å². The maximum Gasteiger partial charge on any atom is 0.242 e. The Bertz CT molecular complexity index is 354. The normalized spacial score (nSPS) is 17.2. The Morgan fingerprint density at radius 2 is 1.82 bits per heavy atom. The smallest absolute Gasteiger partial charge is 0.242 e. The van der Waals surface area contributed by atoms with Gasteiger partial charge >= 0.3 is 0 Å². The second kappa shape index (κ2) is 9.70. The summed E-state index contributed by atoms with van der Waals surface area (Å²) in [5, 5.41) is 9.47. The predicted octanol–water partition coefficient (Wildman–Crippen LogP) is 2.43. The van der Waals surface area contributed by atoms with Gasteiger partial charge in [0.2, 0.25) is 5.91 Å². The minimum atomic E-state index is -0.209. The minimum absolute atomic E-state index is 0.0445. The maximum absolute atomic E-state index is 11.8. The zero-order chi connectivity index (χ0) is 16.4. The summed E-state index contributed by atoms with van der Waals surface area (Å²) in [5.41, 5.74) is -0.209. The van der Waals surface area contributed by atoms with E-state index in [1.807, 2.05) is 27.7 Å². The lowest BCUT2D eigenvalue weighted by Crippen LogP contribution is -2.43. The Hall–Kier alpha value is -1.26. The van der Waals surface area contributed by atoms with E-state index in [1.54, 1.807) is 0 Å². The highest BCUT2D eigenvalue weighted by Gasteiger charge is 2.14. The molecule has 0 aromatic heterocycles. The molecule has 0 radical (unpaired) electrons. The van der Waals surface area contributed by atoms with Crippen LogP contribution < -0.4 is 16.0 Å². The van der Waals surface area contributed by atoms with Crippen LogP contribution in [-0.4, -0.2) is 37.0 Å². The van der Waals surface area contributed by atoms with E-state index in [4.69, 9.17) is 0 Å². The first-order valence-electron chi connectivity index (χ1n) is 8.74. The van der Waals surface area contributed by atoms with Crippen LogP contribution in [0.1, 0.15) is 66.2 Å². The molecular weight excluding hydrogens is 276 g/mol. The summed E-state index contributed by atoms with van der Waals surface area (Å²) < 4.78 is 0. The van der Waals surface area contributed by atoms with Gasteiger partial charge in [0, 0.05) is 18.6 Å². The van der Waals surface area contributed by atoms with Crippen molar-refractivity contribution in [1.29, 1.82) is 0 Å². The lowest BCUT2D eigenvalue weighted by atomic mass is 9.87. The number of aliphatic imine (C=N–C) groups is 1. The van der Waals surface area contributed by atoms with Gasteiger partial charge in [0.05, 0.1) is 0 Å². The van der Waals surface area contributed by atoms with Gasteiger partial charge < -0.3 is 16.0 Å². The second-order valence-electron chi connectivity index (χ2n) is 7.21. The van der Waals surface area contributed by atoms with Crippen molar-refractivity contribution in [3.05, 3.63) is 0 Å². The zero-order valence-electron chi connectivity index (χ0n) is 14.8. The van der Waals surface area contributed by atoms with E-state index in [-0.39, 0.29) is 18.0 Å². The Morgan fingerprint density at radius 1 is 1.14 bits per heavy atom. The van der Waals surface area contributed by atoms with Gasteiger partial charge in [-0.15, -0.1) is 0 Å². The summed E-state index contributed by atoms with van der Waals surface area (Å²) in [4.78, 5) is 16.2. The first-order chi connectivity index (χ1) is 10.4. The molecule has 22 heavy (non-hydrogen) atoms. The van der Waals surface area contributed by atoms with Crippen LogP contribution in [0.25, 0.3) is 0 Å². The summed E-state index contributed by atoms with van der Waals surface area (Å²) in [5.74, 6) is 1.55. The highest BCUT2D eigenvalue weighted by atomic mass is 16.2. The van der Waals surface area contributed by atoms with E-state index >= 15 is 0 Å². The van der Waals surface area contributed by atoms with Crippen molar-refractivity contribution in [2.45, 2.75) is 71.8 Å². The van der Waals surface area contributed by atoms with E-state index in [9.17, 15) is 4.79 Å². The first kappa shape index (κ1) is 18.8. The maximum atomic E-state index is 11.8. The highest BCUT2D eigenvalue weighted by Crippen LogP contribution is 2.25. The van der Waals surface area contributed by atoms with Crippen LogP contribution in [0.3, 0.4) is 0 Å². The number of hydrogen-bond acceptors (Lipinski definition) is 2. The number of nitrogens with one attached hydrogen (secondary N) is 3. The van der Waals surface area contributed by atoms with E-state index < -0.39 is 0 Å². The van der Waals surface area contributed by atoms with Crippen molar-refractivity contribution >= 4 is 11.9 Å². The Kier molecular flexibility index (Phi) is 8.28. The Labute approximate surface area is 135 Å². The molecule has 0 atom stereocenters. The number of hydrogen-bond donors (Lipinski definition) is 3. The first-order valence-corrected chi connectivity index (χ1v) is 8.74. The van der Waals surface area contributed by atoms with Crippen LogP contribution in [0, 0.1) is 5.92 Å². The summed E-state index contributed by atoms with van der Waals surface area (Å²) in [6.07, 6.45) is 8.08. The van der Waals surface area contributed by atoms with Crippen LogP contribution in [0.4, 0.5) is 0 Å². The third-order valence-corrected chi connectivity index (χ3v) is 3.81. The van der Waals surface area contributed by atoms with Gasteiger partial charge in [0.25, 0.3) is 0 Å². The molecule has 5 nitrogen and oxygen atoms in total. The molecule has 5 heteroatoms. The molecule has 1 aliphatic rings. The third-order valence-electron chi connectivity index (χ3n) is 3.81. The molecule has 0 spiro atoms. The number of nitrogens with zero attached hydrogens (tertiary/aromatic N) is 1. The number of amides is 1. The molecule has 0 aromatic carbocycles. The van der Waals surface area contributed by atoms with Crippen molar-refractivity contribution in [3.8, 4) is 0 Å². The summed E-state index contributed by atoms with van der Waals surface area (Å²) >= 11 is 0. The largest absolute Gasteiger partial charge is 0.357 e. The summed E-state index contributed by atoms with van der Waals surface area (Å²) in [6, 6.07) is 0. The molecule has 3 N–H and O–H groups in total. The molecule has 1 amide bonds. The molecule has 0 unspecified atom stereocenters. The molecule has 1 fully saturated rings. The Morgan fingerprint density at radius 3 is 2.41 bits per heavy atom. The van der Waals surface area contributed by atoms with Gasteiger partial charge in [-0.3, -0.25) is 4.79 Å². The average Bonchev–Trinajstić information content (AvgIpc) is 2.44. The molecule has 0 heterocycles. The van der Waals surface area contributed by atoms with E-state index in [2.05, 4.69) is 20.9 Å². The third kappa shape index (κ3) is 8.90. The van der Waals surface area contributed by atoms with Crippen LogP contribution in [0.15, 0.2) is 4.99 Å². The topological polar surface area (TPSA) is 65.5 Å². The number of rotatable bonds is 6. The lowest BCUT2D eigenvalue weighted by Gasteiger charge is -2.22. The number of guanidine groups is 1. The van der Waals surface area contributed by atoms with Crippen LogP contribution in [-0.2, 0) is 4.79 Å². The Balaban J connectivity index is 2.33. The quantitative estimate of drug-likeness (QED) is 0.521. The highest BCUT2D eigenvalue weighted by molar-refractivity contribution is 5.85. The molecular formula is C17H34N4O. The minimum Gasteiger partial charge on any atom is -0.357 e. The molecule has 0 saturated heterocycles. The average molecular weight is 310 g/mol. The van der Waals surface area contributed by atoms with Crippen molar-refractivity contribution in [2.24, 2.45) is 10.9 Å². The summed E-state index contributed by atoms with van der Waals surface area (Å²) in [7, 11) is 0. The van der Waals surface area contributed by atoms with Crippen LogP contribution >= 0.6 is 0 Å². The van der Waals surface area contributed by atoms with Gasteiger partial charge in [-0.1, -0.05) is 32.1 Å². The molecule has 1 saturated carbocycles. The zero-order valence-corrected chi connectivity index (χ0v) is 14.8. The van der Waals surface area contributed by atoms with Crippen molar-refractivity contribution in [2.75, 3.05) is 19.6 Å². The summed E-state index contributed by atoms with van der Waals surface area (Å²) in [6.45, 7) is 9.85. The van der Waals surface area contributed by atoms with Crippen molar-refractivity contribution in [3.63, 3.8) is 0 Å². The molecule has 1 rings (SSSR count). The van der Waals surface area contributed by atoms with Gasteiger partial charge in [0.15, 0.2) is 5.96 Å². The van der Waals surface area contributed by atoms with E-state index in [1.165, 1.54) is 38.5 Å². The number of carbonyl (C=O) groups is 1. The number of carbonyl (C=O) groups excluding carboxylic acids is 1. The standard InChI is InChI=1S/C17H34N4O/c1-5-18-16(20-13-15(22)21-17(2,3)4)19-12-11-14-9-7-6-8-10-14/h14H,5-13H2,1-4H3,(H,21,22)(H2,18,19,20). The lowest BCUT2D eigenvalue weighted by molar-refractivity contribution is -0.121. The fourth-order valence-corrected chi connectivity index (χ4v) is 2.82. The molecule has 128 valence electrons. The van der Waals surface area contributed by atoms with E-state index in [0.29, 0.717) is 0 Å². The molecule has 0 aliphatic heterocycles. The monoisotopic (exact) mass is 310 g/mol. The van der Waals surface area contributed by atoms with Crippen molar-refractivity contribution in [1.82, 2.24) is 16.0 Å². The van der Waals surface area contributed by atoms with E-state index in [0.717, 1.165) is 25.0 Å². The SMILES string of the molecule is CCNC(=NCC(=O)NC(C)(C)C)NCCC1CCCCC1. The van der Waals surface area contributed by atoms with Gasteiger partial charge in [-0.05, 0) is 40.0 Å². The molecule has 0 aromatic rings. The predicted molar refractivity (Wildman–Crippen MR) is 93.1 cm³/mol. The molecule has 1 aliphatic carbocycles. The molecule has 0 bridgehead atoms. The van der Waals surface area contributed by atoms with Gasteiger partial charge in [-0.25, -0.2) is 4.99 Å². The fraction of sp³-hybridized carbons (Fsp3) is 0.882. The van der Waals surface area contributed by atoms with Crippen LogP contribution in [0.2, 0.25) is 0 Å². The second-order valence-corrected chi connectivity index (χ2v) is 7.21.